The molecule has 1 aromatic heterocycles. The molecular weight excluding hydrogens is 280 g/mol. The van der Waals surface area contributed by atoms with Gasteiger partial charge in [0.05, 0.1) is 0 Å². The Morgan fingerprint density at radius 3 is 2.95 bits per heavy atom. The van der Waals surface area contributed by atoms with Crippen molar-refractivity contribution in [3.05, 3.63) is 40.8 Å². The number of benzene rings is 1. The first-order chi connectivity index (χ1) is 10.5. The largest absolute Gasteiger partial charge is 0.322 e. The number of fused-ring (bicyclic) bond motifs is 1. The van der Waals surface area contributed by atoms with Crippen LogP contribution in [-0.4, -0.2) is 41.2 Å². The van der Waals surface area contributed by atoms with Crippen molar-refractivity contribution in [2.45, 2.75) is 13.0 Å². The van der Waals surface area contributed by atoms with E-state index in [0.717, 1.165) is 11.9 Å². The number of aryl methyl sites for hydroxylation is 1. The molecule has 116 valence electrons. The van der Waals surface area contributed by atoms with Gasteiger partial charge in [0.25, 0.3) is 5.56 Å². The topological polar surface area (TPSA) is 66.4 Å². The van der Waals surface area contributed by atoms with Crippen LogP contribution in [0.3, 0.4) is 0 Å². The van der Waals surface area contributed by atoms with Crippen molar-refractivity contribution in [2.24, 2.45) is 7.05 Å². The maximum atomic E-state index is 12.3. The molecule has 0 spiro atoms. The standard InChI is InChI=1S/C16H20N4O2/c1-11-10-20(8-6-17-11)16(22)18-13-4-3-12-5-7-19(2)15(21)14(12)9-13/h3-5,7,9,11,17H,6,8,10H2,1-2H3,(H,18,22). The number of urea groups is 1. The molecule has 1 fully saturated rings. The van der Waals surface area contributed by atoms with Gasteiger partial charge in [0.2, 0.25) is 0 Å². The first-order valence-corrected chi connectivity index (χ1v) is 7.43. The Balaban J connectivity index is 1.83. The summed E-state index contributed by atoms with van der Waals surface area (Å²) in [6.45, 7) is 4.22. The first-order valence-electron chi connectivity index (χ1n) is 7.43. The number of carbonyl (C=O) groups excluding carboxylic acids is 1. The van der Waals surface area contributed by atoms with Gasteiger partial charge in [-0.25, -0.2) is 4.79 Å². The van der Waals surface area contributed by atoms with Crippen molar-refractivity contribution in [1.82, 2.24) is 14.8 Å². The molecule has 1 atom stereocenters. The lowest BCUT2D eigenvalue weighted by atomic mass is 10.1. The van der Waals surface area contributed by atoms with Gasteiger partial charge in [0.15, 0.2) is 0 Å². The third-order valence-corrected chi connectivity index (χ3v) is 3.99. The lowest BCUT2D eigenvalue weighted by Crippen LogP contribution is -2.52. The van der Waals surface area contributed by atoms with E-state index in [1.54, 1.807) is 24.2 Å². The summed E-state index contributed by atoms with van der Waals surface area (Å²) in [4.78, 5) is 26.2. The number of anilines is 1. The first kappa shape index (κ1) is 14.6. The van der Waals surface area contributed by atoms with Gasteiger partial charge in [0.1, 0.15) is 0 Å². The molecule has 6 nitrogen and oxygen atoms in total. The Hall–Kier alpha value is -2.34. The molecule has 1 aliphatic heterocycles. The molecule has 0 radical (unpaired) electrons. The summed E-state index contributed by atoms with van der Waals surface area (Å²) < 4.78 is 1.53. The SMILES string of the molecule is CC1CN(C(=O)Nc2ccc3ccn(C)c(=O)c3c2)CCN1. The van der Waals surface area contributed by atoms with Crippen LogP contribution in [0, 0.1) is 0 Å². The highest BCUT2D eigenvalue weighted by Crippen LogP contribution is 2.16. The average Bonchev–Trinajstić information content (AvgIpc) is 2.51. The van der Waals surface area contributed by atoms with Crippen LogP contribution in [0.25, 0.3) is 10.8 Å². The third-order valence-electron chi connectivity index (χ3n) is 3.99. The Kier molecular flexibility index (Phi) is 3.85. The van der Waals surface area contributed by atoms with Crippen LogP contribution in [0.1, 0.15) is 6.92 Å². The Morgan fingerprint density at radius 2 is 2.18 bits per heavy atom. The summed E-state index contributed by atoms with van der Waals surface area (Å²) in [5, 5.41) is 7.66. The molecule has 0 saturated carbocycles. The highest BCUT2D eigenvalue weighted by atomic mass is 16.2. The number of aromatic nitrogens is 1. The number of hydrogen-bond acceptors (Lipinski definition) is 3. The van der Waals surface area contributed by atoms with Gasteiger partial charge < -0.3 is 20.1 Å². The number of nitrogens with one attached hydrogen (secondary N) is 2. The molecule has 3 rings (SSSR count). The summed E-state index contributed by atoms with van der Waals surface area (Å²) in [5.74, 6) is 0. The van der Waals surface area contributed by atoms with Gasteiger partial charge >= 0.3 is 6.03 Å². The number of pyridine rings is 1. The van der Waals surface area contributed by atoms with Crippen molar-refractivity contribution in [3.63, 3.8) is 0 Å². The van der Waals surface area contributed by atoms with E-state index in [4.69, 9.17) is 0 Å². The van der Waals surface area contributed by atoms with Gasteiger partial charge in [-0.05, 0) is 30.5 Å². The molecule has 0 bridgehead atoms. The second kappa shape index (κ2) is 5.81. The maximum absolute atomic E-state index is 12.3. The minimum Gasteiger partial charge on any atom is -0.322 e. The smallest absolute Gasteiger partial charge is 0.321 e. The van der Waals surface area contributed by atoms with Gasteiger partial charge in [0, 0.05) is 50.0 Å². The number of carbonyl (C=O) groups is 1. The van der Waals surface area contributed by atoms with Gasteiger partial charge in [-0.2, -0.15) is 0 Å². The predicted molar refractivity (Wildman–Crippen MR) is 87.2 cm³/mol. The van der Waals surface area contributed by atoms with E-state index >= 15 is 0 Å². The van der Waals surface area contributed by atoms with Gasteiger partial charge in [-0.15, -0.1) is 0 Å². The number of nitrogens with zero attached hydrogens (tertiary/aromatic N) is 2. The normalized spacial score (nSPS) is 18.5. The molecule has 6 heteroatoms. The van der Waals surface area contributed by atoms with E-state index in [-0.39, 0.29) is 11.6 Å². The molecule has 1 saturated heterocycles. The number of hydrogen-bond donors (Lipinski definition) is 2. The second-order valence-electron chi connectivity index (χ2n) is 5.77. The van der Waals surface area contributed by atoms with Gasteiger partial charge in [-0.3, -0.25) is 4.79 Å². The Bertz CT molecular complexity index is 768. The van der Waals surface area contributed by atoms with Crippen LogP contribution in [0.5, 0.6) is 0 Å². The van der Waals surface area contributed by atoms with E-state index < -0.39 is 0 Å². The van der Waals surface area contributed by atoms with Gasteiger partial charge in [-0.1, -0.05) is 6.07 Å². The lowest BCUT2D eigenvalue weighted by Gasteiger charge is -2.31. The molecule has 2 aromatic rings. The molecule has 2 amide bonds. The zero-order chi connectivity index (χ0) is 15.7. The van der Waals surface area contributed by atoms with E-state index in [9.17, 15) is 9.59 Å². The number of amides is 2. The molecule has 1 unspecified atom stereocenters. The summed E-state index contributed by atoms with van der Waals surface area (Å²) in [5.41, 5.74) is 0.580. The molecule has 2 heterocycles. The van der Waals surface area contributed by atoms with Crippen LogP contribution < -0.4 is 16.2 Å². The monoisotopic (exact) mass is 300 g/mol. The molecule has 0 aliphatic carbocycles. The van der Waals surface area contributed by atoms with Crippen molar-refractivity contribution in [3.8, 4) is 0 Å². The summed E-state index contributed by atoms with van der Waals surface area (Å²) in [6, 6.07) is 7.48. The highest BCUT2D eigenvalue weighted by Gasteiger charge is 2.20. The molecule has 1 aliphatic rings. The minimum absolute atomic E-state index is 0.0654. The van der Waals surface area contributed by atoms with Crippen molar-refractivity contribution in [1.29, 1.82) is 0 Å². The maximum Gasteiger partial charge on any atom is 0.321 e. The van der Waals surface area contributed by atoms with Crippen LogP contribution >= 0.6 is 0 Å². The Morgan fingerprint density at radius 1 is 1.36 bits per heavy atom. The summed E-state index contributed by atoms with van der Waals surface area (Å²) >= 11 is 0. The number of piperazine rings is 1. The zero-order valence-corrected chi connectivity index (χ0v) is 12.8. The minimum atomic E-state index is -0.125. The van der Waals surface area contributed by atoms with Crippen molar-refractivity contribution < 1.29 is 4.79 Å². The molecular formula is C16H20N4O2. The van der Waals surface area contributed by atoms with Crippen LogP contribution in [-0.2, 0) is 7.05 Å². The predicted octanol–water partition coefficient (Wildman–Crippen LogP) is 1.36. The fourth-order valence-corrected chi connectivity index (χ4v) is 2.73. The van der Waals surface area contributed by atoms with E-state index in [1.807, 2.05) is 18.2 Å². The average molecular weight is 300 g/mol. The van der Waals surface area contributed by atoms with Crippen molar-refractivity contribution >= 4 is 22.5 Å². The quantitative estimate of drug-likeness (QED) is 0.836. The molecule has 1 aromatic carbocycles. The van der Waals surface area contributed by atoms with E-state index in [1.165, 1.54) is 4.57 Å². The summed E-state index contributed by atoms with van der Waals surface area (Å²) in [7, 11) is 1.72. The van der Waals surface area contributed by atoms with E-state index in [0.29, 0.717) is 30.2 Å². The van der Waals surface area contributed by atoms with Crippen LogP contribution in [0.15, 0.2) is 35.3 Å². The van der Waals surface area contributed by atoms with Crippen molar-refractivity contribution in [2.75, 3.05) is 25.0 Å². The van der Waals surface area contributed by atoms with Crippen LogP contribution in [0.2, 0.25) is 0 Å². The second-order valence-corrected chi connectivity index (χ2v) is 5.77. The summed E-state index contributed by atoms with van der Waals surface area (Å²) in [6.07, 6.45) is 1.74. The zero-order valence-electron chi connectivity index (χ0n) is 12.8. The fourth-order valence-electron chi connectivity index (χ4n) is 2.73. The van der Waals surface area contributed by atoms with Crippen LogP contribution in [0.4, 0.5) is 10.5 Å². The molecule has 22 heavy (non-hydrogen) atoms. The Labute approximate surface area is 128 Å². The van der Waals surface area contributed by atoms with E-state index in [2.05, 4.69) is 17.6 Å². The third kappa shape index (κ3) is 2.82. The number of rotatable bonds is 1. The lowest BCUT2D eigenvalue weighted by molar-refractivity contribution is 0.192. The highest BCUT2D eigenvalue weighted by molar-refractivity contribution is 5.93. The fraction of sp³-hybridized carbons (Fsp3) is 0.375. The molecule has 2 N–H and O–H groups in total.